The molecule has 102 valence electrons. The average Bonchev–Trinajstić information content (AvgIpc) is 2.34. The van der Waals surface area contributed by atoms with Gasteiger partial charge in [-0.1, -0.05) is 12.1 Å². The molecule has 4 N–H and O–H groups in total. The highest BCUT2D eigenvalue weighted by Gasteiger charge is 2.28. The van der Waals surface area contributed by atoms with Crippen LogP contribution in [0.2, 0.25) is 0 Å². The van der Waals surface area contributed by atoms with Crippen molar-refractivity contribution in [1.82, 2.24) is 5.32 Å². The van der Waals surface area contributed by atoms with Gasteiger partial charge in [0.1, 0.15) is 5.75 Å². The molecule has 6 heteroatoms. The maximum Gasteiger partial charge on any atom is 0.258 e. The lowest BCUT2D eigenvalue weighted by molar-refractivity contribution is -0.125. The van der Waals surface area contributed by atoms with E-state index in [4.69, 9.17) is 15.6 Å². The van der Waals surface area contributed by atoms with E-state index in [1.54, 1.807) is 18.2 Å². The summed E-state index contributed by atoms with van der Waals surface area (Å²) in [7, 11) is 0. The van der Waals surface area contributed by atoms with Crippen LogP contribution in [-0.2, 0) is 4.79 Å². The van der Waals surface area contributed by atoms with E-state index in [1.807, 2.05) is 0 Å². The molecule has 0 heterocycles. The number of aliphatic hydroxyl groups excluding tert-OH is 1. The van der Waals surface area contributed by atoms with Crippen molar-refractivity contribution in [2.24, 2.45) is 5.73 Å². The molecule has 1 aliphatic rings. The number of rotatable bonds is 5. The Hall–Kier alpha value is -2.08. The normalized spacial score (nSPS) is 21.3. The highest BCUT2D eigenvalue weighted by atomic mass is 16.5. The van der Waals surface area contributed by atoms with Crippen molar-refractivity contribution in [3.8, 4) is 5.75 Å². The van der Waals surface area contributed by atoms with Crippen LogP contribution in [0, 0.1) is 0 Å². The van der Waals surface area contributed by atoms with Crippen molar-refractivity contribution < 1.29 is 19.4 Å². The molecule has 2 amide bonds. The van der Waals surface area contributed by atoms with Gasteiger partial charge in [0.2, 0.25) is 0 Å². The van der Waals surface area contributed by atoms with Crippen molar-refractivity contribution >= 4 is 11.8 Å². The minimum Gasteiger partial charge on any atom is -0.483 e. The maximum absolute atomic E-state index is 11.6. The molecular weight excluding hydrogens is 248 g/mol. The first kappa shape index (κ1) is 13.4. The van der Waals surface area contributed by atoms with Crippen LogP contribution in [0.1, 0.15) is 23.2 Å². The Balaban J connectivity index is 1.85. The van der Waals surface area contributed by atoms with Gasteiger partial charge in [-0.3, -0.25) is 9.59 Å². The Morgan fingerprint density at radius 1 is 1.37 bits per heavy atom. The molecule has 0 radical (unpaired) electrons. The summed E-state index contributed by atoms with van der Waals surface area (Å²) in [6.45, 7) is -0.184. The number of aliphatic hydroxyl groups is 1. The summed E-state index contributed by atoms with van der Waals surface area (Å²) in [6, 6.07) is 6.50. The third-order valence-electron chi connectivity index (χ3n) is 2.99. The Kier molecular flexibility index (Phi) is 4.01. The molecule has 2 rings (SSSR count). The predicted octanol–water partition coefficient (Wildman–Crippen LogP) is -0.196. The van der Waals surface area contributed by atoms with Crippen LogP contribution >= 0.6 is 0 Å². The third-order valence-corrected chi connectivity index (χ3v) is 2.99. The van der Waals surface area contributed by atoms with Crippen LogP contribution in [-0.4, -0.2) is 35.7 Å². The third kappa shape index (κ3) is 3.45. The number of nitrogens with two attached hydrogens (primary N) is 1. The number of para-hydroxylation sites is 1. The van der Waals surface area contributed by atoms with Crippen LogP contribution < -0.4 is 15.8 Å². The van der Waals surface area contributed by atoms with Gasteiger partial charge in [-0.05, 0) is 25.0 Å². The summed E-state index contributed by atoms with van der Waals surface area (Å²) >= 11 is 0. The van der Waals surface area contributed by atoms with Crippen molar-refractivity contribution in [2.75, 3.05) is 6.61 Å². The van der Waals surface area contributed by atoms with E-state index in [2.05, 4.69) is 5.32 Å². The van der Waals surface area contributed by atoms with Gasteiger partial charge < -0.3 is 20.9 Å². The Morgan fingerprint density at radius 2 is 2.05 bits per heavy atom. The van der Waals surface area contributed by atoms with Crippen molar-refractivity contribution in [2.45, 2.75) is 25.0 Å². The molecule has 1 saturated carbocycles. The molecule has 1 fully saturated rings. The monoisotopic (exact) mass is 264 g/mol. The Bertz CT molecular complexity index is 483. The number of carbonyl (C=O) groups excluding carboxylic acids is 2. The summed E-state index contributed by atoms with van der Waals surface area (Å²) < 4.78 is 5.28. The van der Waals surface area contributed by atoms with E-state index < -0.39 is 5.91 Å². The zero-order valence-electron chi connectivity index (χ0n) is 10.3. The fourth-order valence-electron chi connectivity index (χ4n) is 1.91. The van der Waals surface area contributed by atoms with Gasteiger partial charge in [0.15, 0.2) is 6.61 Å². The van der Waals surface area contributed by atoms with E-state index in [1.165, 1.54) is 6.07 Å². The number of nitrogens with one attached hydrogen (secondary N) is 1. The molecular formula is C13H16N2O4. The number of ether oxygens (including phenoxy) is 1. The number of amides is 2. The van der Waals surface area contributed by atoms with E-state index in [9.17, 15) is 9.59 Å². The predicted molar refractivity (Wildman–Crippen MR) is 67.6 cm³/mol. The average molecular weight is 264 g/mol. The first-order valence-corrected chi connectivity index (χ1v) is 6.05. The summed E-state index contributed by atoms with van der Waals surface area (Å²) in [5, 5.41) is 11.8. The highest BCUT2D eigenvalue weighted by molar-refractivity contribution is 5.95. The van der Waals surface area contributed by atoms with E-state index in [-0.39, 0.29) is 30.2 Å². The molecule has 1 aromatic rings. The molecule has 0 aromatic heterocycles. The van der Waals surface area contributed by atoms with E-state index in [0.29, 0.717) is 18.6 Å². The van der Waals surface area contributed by atoms with Gasteiger partial charge in [0.25, 0.3) is 11.8 Å². The summed E-state index contributed by atoms with van der Waals surface area (Å²) in [5.41, 5.74) is 5.45. The molecule has 0 aliphatic heterocycles. The molecule has 6 nitrogen and oxygen atoms in total. The first-order valence-electron chi connectivity index (χ1n) is 6.05. The van der Waals surface area contributed by atoms with Crippen LogP contribution in [0.3, 0.4) is 0 Å². The topological polar surface area (TPSA) is 102 Å². The largest absolute Gasteiger partial charge is 0.483 e. The minimum atomic E-state index is -0.599. The SMILES string of the molecule is NC(=O)c1ccccc1OCC(=O)NC1CC(O)C1. The number of carbonyl (C=O) groups is 2. The molecule has 1 aliphatic carbocycles. The molecule has 0 atom stereocenters. The second kappa shape index (κ2) is 5.71. The number of primary amides is 1. The molecule has 0 bridgehead atoms. The summed E-state index contributed by atoms with van der Waals surface area (Å²) in [6.07, 6.45) is 0.828. The van der Waals surface area contributed by atoms with Crippen molar-refractivity contribution in [1.29, 1.82) is 0 Å². The summed E-state index contributed by atoms with van der Waals surface area (Å²) in [5.74, 6) is -0.590. The lowest BCUT2D eigenvalue weighted by atomic mass is 9.89. The van der Waals surface area contributed by atoms with Gasteiger partial charge in [0.05, 0.1) is 11.7 Å². The quantitative estimate of drug-likeness (QED) is 0.685. The maximum atomic E-state index is 11.6. The zero-order chi connectivity index (χ0) is 13.8. The molecule has 1 aromatic carbocycles. The van der Waals surface area contributed by atoms with Crippen LogP contribution in [0.5, 0.6) is 5.75 Å². The number of hydrogen-bond donors (Lipinski definition) is 3. The smallest absolute Gasteiger partial charge is 0.258 e. The Labute approximate surface area is 110 Å². The second-order valence-electron chi connectivity index (χ2n) is 4.54. The number of hydrogen-bond acceptors (Lipinski definition) is 4. The molecule has 0 saturated heterocycles. The van der Waals surface area contributed by atoms with Gasteiger partial charge >= 0.3 is 0 Å². The van der Waals surface area contributed by atoms with Gasteiger partial charge in [-0.2, -0.15) is 0 Å². The van der Waals surface area contributed by atoms with E-state index in [0.717, 1.165) is 0 Å². The van der Waals surface area contributed by atoms with E-state index >= 15 is 0 Å². The standard InChI is InChI=1S/C13H16N2O4/c14-13(18)10-3-1-2-4-11(10)19-7-12(17)15-8-5-9(16)6-8/h1-4,8-9,16H,5-7H2,(H2,14,18)(H,15,17). The Morgan fingerprint density at radius 3 is 2.68 bits per heavy atom. The minimum absolute atomic E-state index is 0.0116. The van der Waals surface area contributed by atoms with Crippen molar-refractivity contribution in [3.63, 3.8) is 0 Å². The fraction of sp³-hybridized carbons (Fsp3) is 0.385. The highest BCUT2D eigenvalue weighted by Crippen LogP contribution is 2.19. The second-order valence-corrected chi connectivity index (χ2v) is 4.54. The van der Waals surface area contributed by atoms with Gasteiger partial charge in [-0.25, -0.2) is 0 Å². The fourth-order valence-corrected chi connectivity index (χ4v) is 1.91. The van der Waals surface area contributed by atoms with Crippen molar-refractivity contribution in [3.05, 3.63) is 29.8 Å². The number of benzene rings is 1. The molecule has 0 unspecified atom stereocenters. The van der Waals surface area contributed by atoms with Gasteiger partial charge in [0, 0.05) is 6.04 Å². The first-order chi connectivity index (χ1) is 9.06. The lowest BCUT2D eigenvalue weighted by Gasteiger charge is -2.31. The molecule has 0 spiro atoms. The van der Waals surface area contributed by atoms with Crippen LogP contribution in [0.25, 0.3) is 0 Å². The summed E-state index contributed by atoms with van der Waals surface area (Å²) in [4.78, 5) is 22.7. The van der Waals surface area contributed by atoms with Crippen LogP contribution in [0.4, 0.5) is 0 Å². The molecule has 19 heavy (non-hydrogen) atoms. The zero-order valence-corrected chi connectivity index (χ0v) is 10.3. The van der Waals surface area contributed by atoms with Gasteiger partial charge in [-0.15, -0.1) is 0 Å². The van der Waals surface area contributed by atoms with Crippen LogP contribution in [0.15, 0.2) is 24.3 Å². The lowest BCUT2D eigenvalue weighted by Crippen LogP contribution is -2.48.